The summed E-state index contributed by atoms with van der Waals surface area (Å²) in [5.74, 6) is 1.06. The van der Waals surface area contributed by atoms with Gasteiger partial charge in [0, 0.05) is 12.0 Å². The Kier molecular flexibility index (Phi) is 3.09. The largest absolute Gasteiger partial charge is 0.493 e. The number of allylic oxidation sites excluding steroid dienone is 2. The predicted octanol–water partition coefficient (Wildman–Crippen LogP) is 3.16. The Morgan fingerprint density at radius 3 is 3.00 bits per heavy atom. The van der Waals surface area contributed by atoms with Crippen LogP contribution in [0.4, 0.5) is 0 Å². The molecule has 0 radical (unpaired) electrons. The summed E-state index contributed by atoms with van der Waals surface area (Å²) in [4.78, 5) is 12.1. The van der Waals surface area contributed by atoms with E-state index >= 15 is 0 Å². The zero-order valence-electron chi connectivity index (χ0n) is 9.75. The molecule has 1 aliphatic rings. The molecule has 2 nitrogen and oxygen atoms in total. The van der Waals surface area contributed by atoms with Crippen molar-refractivity contribution in [3.05, 3.63) is 41.0 Å². The standard InChI is InChI=1S/C14H16O2/c1-3-10(4-2)14(15)12-5-6-13-11(9-12)7-8-16-13/h3,5-6,9H,4,7-8H2,1-2H3/b10-3-. The van der Waals surface area contributed by atoms with Gasteiger partial charge in [0.2, 0.25) is 0 Å². The lowest BCUT2D eigenvalue weighted by atomic mass is 9.99. The van der Waals surface area contributed by atoms with Crippen molar-refractivity contribution in [2.75, 3.05) is 6.61 Å². The maximum Gasteiger partial charge on any atom is 0.188 e. The smallest absolute Gasteiger partial charge is 0.188 e. The van der Waals surface area contributed by atoms with Crippen molar-refractivity contribution in [2.24, 2.45) is 0 Å². The minimum absolute atomic E-state index is 0.139. The summed E-state index contributed by atoms with van der Waals surface area (Å²) in [5, 5.41) is 0. The van der Waals surface area contributed by atoms with E-state index in [1.165, 1.54) is 0 Å². The van der Waals surface area contributed by atoms with Crippen LogP contribution in [0.25, 0.3) is 0 Å². The van der Waals surface area contributed by atoms with E-state index in [2.05, 4.69) is 0 Å². The van der Waals surface area contributed by atoms with Crippen LogP contribution in [-0.2, 0) is 6.42 Å². The van der Waals surface area contributed by atoms with Crippen LogP contribution >= 0.6 is 0 Å². The number of ether oxygens (including phenoxy) is 1. The molecule has 0 fully saturated rings. The van der Waals surface area contributed by atoms with Crippen molar-refractivity contribution in [3.8, 4) is 5.75 Å². The van der Waals surface area contributed by atoms with Crippen molar-refractivity contribution in [1.82, 2.24) is 0 Å². The lowest BCUT2D eigenvalue weighted by Crippen LogP contribution is -2.02. The lowest BCUT2D eigenvalue weighted by molar-refractivity contribution is 0.103. The monoisotopic (exact) mass is 216 g/mol. The molecule has 0 saturated carbocycles. The summed E-state index contributed by atoms with van der Waals surface area (Å²) in [6.45, 7) is 4.65. The van der Waals surface area contributed by atoms with Crippen LogP contribution in [0.5, 0.6) is 5.75 Å². The maximum atomic E-state index is 12.1. The first-order valence-corrected chi connectivity index (χ1v) is 5.72. The summed E-state index contributed by atoms with van der Waals surface area (Å²) >= 11 is 0. The van der Waals surface area contributed by atoms with Crippen LogP contribution in [0.2, 0.25) is 0 Å². The Bertz CT molecular complexity index is 444. The SMILES string of the molecule is C/C=C(/CC)C(=O)c1ccc2c(c1)CCO2. The first-order chi connectivity index (χ1) is 7.76. The van der Waals surface area contributed by atoms with Crippen LogP contribution in [0.1, 0.15) is 36.2 Å². The number of Topliss-reactive ketones (excluding diaryl/α,β-unsaturated/α-hetero) is 1. The molecular weight excluding hydrogens is 200 g/mol. The number of fused-ring (bicyclic) bond motifs is 1. The molecule has 1 aromatic carbocycles. The molecule has 1 aliphatic heterocycles. The fraction of sp³-hybridized carbons (Fsp3) is 0.357. The Balaban J connectivity index is 2.31. The zero-order chi connectivity index (χ0) is 11.5. The average molecular weight is 216 g/mol. The third-order valence-electron chi connectivity index (χ3n) is 2.97. The van der Waals surface area contributed by atoms with E-state index in [0.29, 0.717) is 0 Å². The fourth-order valence-corrected chi connectivity index (χ4v) is 2.01. The zero-order valence-corrected chi connectivity index (χ0v) is 9.75. The molecule has 16 heavy (non-hydrogen) atoms. The topological polar surface area (TPSA) is 26.3 Å². The second-order valence-electron chi connectivity index (χ2n) is 3.92. The molecule has 0 bridgehead atoms. The van der Waals surface area contributed by atoms with E-state index in [1.54, 1.807) is 0 Å². The van der Waals surface area contributed by atoms with Gasteiger partial charge in [-0.2, -0.15) is 0 Å². The van der Waals surface area contributed by atoms with Gasteiger partial charge in [0.05, 0.1) is 6.61 Å². The molecule has 2 rings (SSSR count). The fourth-order valence-electron chi connectivity index (χ4n) is 2.01. The van der Waals surface area contributed by atoms with Gasteiger partial charge < -0.3 is 4.74 Å². The molecule has 1 heterocycles. The van der Waals surface area contributed by atoms with Crippen LogP contribution in [0.15, 0.2) is 29.8 Å². The van der Waals surface area contributed by atoms with Gasteiger partial charge in [0.25, 0.3) is 0 Å². The van der Waals surface area contributed by atoms with Crippen LogP contribution < -0.4 is 4.74 Å². The molecule has 0 amide bonds. The van der Waals surface area contributed by atoms with Crippen LogP contribution in [0, 0.1) is 0 Å². The van der Waals surface area contributed by atoms with Gasteiger partial charge in [0.1, 0.15) is 5.75 Å². The van der Waals surface area contributed by atoms with Gasteiger partial charge in [-0.1, -0.05) is 13.0 Å². The van der Waals surface area contributed by atoms with E-state index in [0.717, 1.165) is 41.9 Å². The highest BCUT2D eigenvalue weighted by molar-refractivity contribution is 6.08. The molecule has 0 atom stereocenters. The number of ketones is 1. The Hall–Kier alpha value is -1.57. The Labute approximate surface area is 95.9 Å². The predicted molar refractivity (Wildman–Crippen MR) is 64.0 cm³/mol. The van der Waals surface area contributed by atoms with Crippen LogP contribution in [0.3, 0.4) is 0 Å². The molecule has 0 unspecified atom stereocenters. The highest BCUT2D eigenvalue weighted by Gasteiger charge is 2.16. The molecule has 2 heteroatoms. The minimum atomic E-state index is 0.139. The number of hydrogen-bond donors (Lipinski definition) is 0. The first-order valence-electron chi connectivity index (χ1n) is 5.72. The van der Waals surface area contributed by atoms with Gasteiger partial charge in [-0.3, -0.25) is 4.79 Å². The molecule has 0 aliphatic carbocycles. The van der Waals surface area contributed by atoms with Gasteiger partial charge in [-0.05, 0) is 42.7 Å². The number of hydrogen-bond acceptors (Lipinski definition) is 2. The Morgan fingerprint density at radius 1 is 1.50 bits per heavy atom. The minimum Gasteiger partial charge on any atom is -0.493 e. The first kappa shape index (κ1) is 10.9. The molecule has 0 saturated heterocycles. The molecule has 0 aromatic heterocycles. The summed E-state index contributed by atoms with van der Waals surface area (Å²) in [5.41, 5.74) is 2.80. The lowest BCUT2D eigenvalue weighted by Gasteiger charge is -2.05. The van der Waals surface area contributed by atoms with E-state index in [-0.39, 0.29) is 5.78 Å². The van der Waals surface area contributed by atoms with E-state index in [4.69, 9.17) is 4.74 Å². The summed E-state index contributed by atoms with van der Waals surface area (Å²) < 4.78 is 5.42. The van der Waals surface area contributed by atoms with Crippen molar-refractivity contribution in [3.63, 3.8) is 0 Å². The third-order valence-corrected chi connectivity index (χ3v) is 2.97. The van der Waals surface area contributed by atoms with Gasteiger partial charge in [-0.15, -0.1) is 0 Å². The summed E-state index contributed by atoms with van der Waals surface area (Å²) in [6.07, 6.45) is 3.59. The van der Waals surface area contributed by atoms with Gasteiger partial charge in [-0.25, -0.2) is 0 Å². The van der Waals surface area contributed by atoms with Crippen molar-refractivity contribution >= 4 is 5.78 Å². The van der Waals surface area contributed by atoms with E-state index in [9.17, 15) is 4.79 Å². The Morgan fingerprint density at radius 2 is 2.31 bits per heavy atom. The summed E-state index contributed by atoms with van der Waals surface area (Å²) in [6, 6.07) is 5.72. The normalized spacial score (nSPS) is 14.5. The number of carbonyl (C=O) groups is 1. The highest BCUT2D eigenvalue weighted by atomic mass is 16.5. The average Bonchev–Trinajstić information content (AvgIpc) is 2.77. The van der Waals surface area contributed by atoms with Crippen molar-refractivity contribution in [2.45, 2.75) is 26.7 Å². The number of benzene rings is 1. The number of carbonyl (C=O) groups excluding carboxylic acids is 1. The molecule has 0 spiro atoms. The van der Waals surface area contributed by atoms with E-state index < -0.39 is 0 Å². The molecular formula is C14H16O2. The molecule has 84 valence electrons. The van der Waals surface area contributed by atoms with Crippen LogP contribution in [-0.4, -0.2) is 12.4 Å². The third kappa shape index (κ3) is 1.87. The summed E-state index contributed by atoms with van der Waals surface area (Å²) in [7, 11) is 0. The molecule has 1 aromatic rings. The van der Waals surface area contributed by atoms with Gasteiger partial charge >= 0.3 is 0 Å². The highest BCUT2D eigenvalue weighted by Crippen LogP contribution is 2.27. The second kappa shape index (κ2) is 4.52. The molecule has 0 N–H and O–H groups in total. The quantitative estimate of drug-likeness (QED) is 0.573. The second-order valence-corrected chi connectivity index (χ2v) is 3.92. The van der Waals surface area contributed by atoms with Gasteiger partial charge in [0.15, 0.2) is 5.78 Å². The van der Waals surface area contributed by atoms with Crippen molar-refractivity contribution in [1.29, 1.82) is 0 Å². The number of rotatable bonds is 3. The van der Waals surface area contributed by atoms with E-state index in [1.807, 2.05) is 38.1 Å². The maximum absolute atomic E-state index is 12.1. The van der Waals surface area contributed by atoms with Crippen molar-refractivity contribution < 1.29 is 9.53 Å².